The molecule has 0 aliphatic heterocycles. The molecule has 0 bridgehead atoms. The van der Waals surface area contributed by atoms with Crippen LogP contribution in [0.2, 0.25) is 5.02 Å². The third kappa shape index (κ3) is 3.21. The topological polar surface area (TPSA) is 12.0 Å². The Labute approximate surface area is 105 Å². The summed E-state index contributed by atoms with van der Waals surface area (Å²) in [5, 5.41) is 4.04. The first-order chi connectivity index (χ1) is 8.15. The van der Waals surface area contributed by atoms with Crippen molar-refractivity contribution in [2.24, 2.45) is 0 Å². The number of anilines is 1. The number of hydrogen-bond donors (Lipinski definition) is 1. The Morgan fingerprint density at radius 1 is 1.00 bits per heavy atom. The monoisotopic (exact) mass is 249 g/mol. The summed E-state index contributed by atoms with van der Waals surface area (Å²) in [6.45, 7) is 2.03. The van der Waals surface area contributed by atoms with E-state index in [9.17, 15) is 4.39 Å². The van der Waals surface area contributed by atoms with Crippen molar-refractivity contribution in [3.63, 3.8) is 0 Å². The van der Waals surface area contributed by atoms with E-state index in [1.807, 2.05) is 31.2 Å². The number of nitrogens with one attached hydrogen (secondary N) is 1. The minimum atomic E-state index is -0.215. The minimum Gasteiger partial charge on any atom is -0.379 e. The summed E-state index contributed by atoms with van der Waals surface area (Å²) < 4.78 is 12.8. The third-order valence-corrected chi connectivity index (χ3v) is 2.85. The van der Waals surface area contributed by atoms with Gasteiger partial charge < -0.3 is 5.32 Å². The van der Waals surface area contributed by atoms with Crippen LogP contribution in [0, 0.1) is 5.82 Å². The molecule has 0 saturated heterocycles. The molecule has 1 atom stereocenters. The van der Waals surface area contributed by atoms with Gasteiger partial charge in [0.05, 0.1) is 0 Å². The molecule has 0 aliphatic carbocycles. The van der Waals surface area contributed by atoms with Crippen molar-refractivity contribution in [2.75, 3.05) is 5.32 Å². The van der Waals surface area contributed by atoms with Crippen LogP contribution in [0.3, 0.4) is 0 Å². The lowest BCUT2D eigenvalue weighted by Crippen LogP contribution is -2.06. The predicted octanol–water partition coefficient (Wildman–Crippen LogP) is 4.65. The van der Waals surface area contributed by atoms with E-state index in [0.717, 1.165) is 11.3 Å². The summed E-state index contributed by atoms with van der Waals surface area (Å²) in [5.74, 6) is -0.215. The van der Waals surface area contributed by atoms with Crippen LogP contribution in [0.1, 0.15) is 18.5 Å². The molecule has 0 radical (unpaired) electrons. The van der Waals surface area contributed by atoms with Gasteiger partial charge in [0.25, 0.3) is 0 Å². The molecule has 1 unspecified atom stereocenters. The zero-order valence-electron chi connectivity index (χ0n) is 9.45. The quantitative estimate of drug-likeness (QED) is 0.835. The highest BCUT2D eigenvalue weighted by atomic mass is 35.5. The fourth-order valence-electron chi connectivity index (χ4n) is 1.63. The Bertz CT molecular complexity index is 479. The summed E-state index contributed by atoms with van der Waals surface area (Å²) in [5.41, 5.74) is 2.03. The van der Waals surface area contributed by atoms with Gasteiger partial charge in [0.2, 0.25) is 0 Å². The summed E-state index contributed by atoms with van der Waals surface area (Å²) in [4.78, 5) is 0. The zero-order valence-corrected chi connectivity index (χ0v) is 10.2. The lowest BCUT2D eigenvalue weighted by Gasteiger charge is -2.15. The first kappa shape index (κ1) is 11.9. The minimum absolute atomic E-state index is 0.122. The molecule has 0 saturated carbocycles. The second-order valence-electron chi connectivity index (χ2n) is 3.92. The molecule has 0 aliphatic rings. The molecular formula is C14H13ClFN. The largest absolute Gasteiger partial charge is 0.379 e. The highest BCUT2D eigenvalue weighted by molar-refractivity contribution is 6.30. The maximum Gasteiger partial charge on any atom is 0.123 e. The van der Waals surface area contributed by atoms with Crippen LogP contribution in [-0.2, 0) is 0 Å². The van der Waals surface area contributed by atoms with E-state index in [4.69, 9.17) is 11.6 Å². The molecule has 1 nitrogen and oxygen atoms in total. The summed E-state index contributed by atoms with van der Waals surface area (Å²) in [6, 6.07) is 14.1. The number of halogens is 2. The Kier molecular flexibility index (Phi) is 3.64. The Morgan fingerprint density at radius 3 is 2.18 bits per heavy atom. The van der Waals surface area contributed by atoms with Gasteiger partial charge in [-0.2, -0.15) is 0 Å². The summed E-state index contributed by atoms with van der Waals surface area (Å²) in [6.07, 6.45) is 0. The molecule has 0 spiro atoms. The van der Waals surface area contributed by atoms with Crippen molar-refractivity contribution in [3.8, 4) is 0 Å². The van der Waals surface area contributed by atoms with Crippen LogP contribution < -0.4 is 5.32 Å². The van der Waals surface area contributed by atoms with Crippen molar-refractivity contribution < 1.29 is 4.39 Å². The molecule has 3 heteroatoms. The van der Waals surface area contributed by atoms with E-state index in [1.54, 1.807) is 12.1 Å². The van der Waals surface area contributed by atoms with Crippen molar-refractivity contribution in [1.29, 1.82) is 0 Å². The standard InChI is InChI=1S/C14H13ClFN/c1-10(11-2-6-13(16)7-3-11)17-14-8-4-12(15)5-9-14/h2-10,17H,1H3. The van der Waals surface area contributed by atoms with Gasteiger partial charge in [-0.25, -0.2) is 4.39 Å². The Morgan fingerprint density at radius 2 is 1.59 bits per heavy atom. The average Bonchev–Trinajstić information content (AvgIpc) is 2.33. The maximum absolute atomic E-state index is 12.8. The van der Waals surface area contributed by atoms with Crippen LogP contribution in [0.15, 0.2) is 48.5 Å². The van der Waals surface area contributed by atoms with Gasteiger partial charge in [0.15, 0.2) is 0 Å². The first-order valence-corrected chi connectivity index (χ1v) is 5.80. The maximum atomic E-state index is 12.8. The lowest BCUT2D eigenvalue weighted by atomic mass is 10.1. The van der Waals surface area contributed by atoms with Gasteiger partial charge >= 0.3 is 0 Å². The van der Waals surface area contributed by atoms with E-state index in [2.05, 4.69) is 5.32 Å². The van der Waals surface area contributed by atoms with Crippen molar-refractivity contribution in [3.05, 3.63) is 64.9 Å². The fourth-order valence-corrected chi connectivity index (χ4v) is 1.76. The molecule has 17 heavy (non-hydrogen) atoms. The van der Waals surface area contributed by atoms with Crippen LogP contribution in [-0.4, -0.2) is 0 Å². The van der Waals surface area contributed by atoms with Gasteiger partial charge in [0, 0.05) is 16.8 Å². The van der Waals surface area contributed by atoms with Crippen LogP contribution in [0.4, 0.5) is 10.1 Å². The van der Waals surface area contributed by atoms with Crippen LogP contribution in [0.5, 0.6) is 0 Å². The van der Waals surface area contributed by atoms with Gasteiger partial charge in [-0.05, 0) is 48.9 Å². The normalized spacial score (nSPS) is 12.2. The van der Waals surface area contributed by atoms with Gasteiger partial charge in [0.1, 0.15) is 5.82 Å². The lowest BCUT2D eigenvalue weighted by molar-refractivity contribution is 0.626. The van der Waals surface area contributed by atoms with E-state index >= 15 is 0 Å². The van der Waals surface area contributed by atoms with Crippen molar-refractivity contribution >= 4 is 17.3 Å². The van der Waals surface area contributed by atoms with E-state index in [1.165, 1.54) is 12.1 Å². The number of hydrogen-bond acceptors (Lipinski definition) is 1. The molecule has 2 rings (SSSR count). The smallest absolute Gasteiger partial charge is 0.123 e. The molecule has 0 aromatic heterocycles. The predicted molar refractivity (Wildman–Crippen MR) is 69.9 cm³/mol. The highest BCUT2D eigenvalue weighted by Crippen LogP contribution is 2.20. The Hall–Kier alpha value is -1.54. The van der Waals surface area contributed by atoms with E-state index in [0.29, 0.717) is 5.02 Å². The SMILES string of the molecule is CC(Nc1ccc(Cl)cc1)c1ccc(F)cc1. The number of rotatable bonds is 3. The molecule has 1 N–H and O–H groups in total. The zero-order chi connectivity index (χ0) is 12.3. The van der Waals surface area contributed by atoms with Gasteiger partial charge in [-0.3, -0.25) is 0 Å². The third-order valence-electron chi connectivity index (χ3n) is 2.60. The van der Waals surface area contributed by atoms with Gasteiger partial charge in [-0.1, -0.05) is 23.7 Å². The number of benzene rings is 2. The van der Waals surface area contributed by atoms with Crippen LogP contribution in [0.25, 0.3) is 0 Å². The van der Waals surface area contributed by atoms with Crippen molar-refractivity contribution in [1.82, 2.24) is 0 Å². The highest BCUT2D eigenvalue weighted by Gasteiger charge is 2.05. The second kappa shape index (κ2) is 5.19. The van der Waals surface area contributed by atoms with Gasteiger partial charge in [-0.15, -0.1) is 0 Å². The molecular weight excluding hydrogens is 237 g/mol. The molecule has 0 amide bonds. The van der Waals surface area contributed by atoms with Crippen molar-refractivity contribution in [2.45, 2.75) is 13.0 Å². The van der Waals surface area contributed by atoms with Crippen LogP contribution >= 0.6 is 11.6 Å². The molecule has 0 fully saturated rings. The summed E-state index contributed by atoms with van der Waals surface area (Å²) >= 11 is 5.81. The fraction of sp³-hybridized carbons (Fsp3) is 0.143. The molecule has 88 valence electrons. The molecule has 2 aromatic carbocycles. The van der Waals surface area contributed by atoms with E-state index < -0.39 is 0 Å². The molecule has 2 aromatic rings. The average molecular weight is 250 g/mol. The van der Waals surface area contributed by atoms with E-state index in [-0.39, 0.29) is 11.9 Å². The molecule has 0 heterocycles. The second-order valence-corrected chi connectivity index (χ2v) is 4.36. The Balaban J connectivity index is 2.08. The first-order valence-electron chi connectivity index (χ1n) is 5.43. The summed E-state index contributed by atoms with van der Waals surface area (Å²) in [7, 11) is 0.